The number of hydrogen-bond donors (Lipinski definition) is 0. The van der Waals surface area contributed by atoms with E-state index in [1.54, 1.807) is 0 Å². The minimum absolute atomic E-state index is 0.477. The summed E-state index contributed by atoms with van der Waals surface area (Å²) in [6.07, 6.45) is 3.80. The summed E-state index contributed by atoms with van der Waals surface area (Å²) >= 11 is 5.59. The molecule has 0 saturated carbocycles. The largest absolute Gasteiger partial charge is 0.237 e. The zero-order valence-electron chi connectivity index (χ0n) is 4.94. The second-order valence-corrected chi connectivity index (χ2v) is 2.52. The van der Waals surface area contributed by atoms with Crippen LogP contribution in [0.4, 0.5) is 0 Å². The van der Waals surface area contributed by atoms with Gasteiger partial charge in [-0.2, -0.15) is 0 Å². The van der Waals surface area contributed by atoms with Gasteiger partial charge in [0.25, 0.3) is 0 Å². The van der Waals surface area contributed by atoms with Crippen LogP contribution in [0, 0.1) is 0 Å². The van der Waals surface area contributed by atoms with Crippen LogP contribution in [0.1, 0.15) is 19.3 Å². The molecular formula is C6H11ClN. The first kappa shape index (κ1) is 6.37. The summed E-state index contributed by atoms with van der Waals surface area (Å²) in [6, 6.07) is 0.477. The summed E-state index contributed by atoms with van der Waals surface area (Å²) in [4.78, 5) is 0. The summed E-state index contributed by atoms with van der Waals surface area (Å²) in [5.41, 5.74) is 0. The third kappa shape index (κ3) is 1.64. The smallest absolute Gasteiger partial charge is 0.0393 e. The fraction of sp³-hybridized carbons (Fsp3) is 1.00. The Kier molecular flexibility index (Phi) is 2.64. The van der Waals surface area contributed by atoms with E-state index >= 15 is 0 Å². The zero-order valence-corrected chi connectivity index (χ0v) is 5.69. The molecule has 0 aliphatic carbocycles. The van der Waals surface area contributed by atoms with Crippen LogP contribution in [0.15, 0.2) is 0 Å². The number of halogens is 1. The third-order valence-electron chi connectivity index (χ3n) is 1.51. The van der Waals surface area contributed by atoms with Crippen LogP contribution in [0.25, 0.3) is 0 Å². The van der Waals surface area contributed by atoms with Gasteiger partial charge in [0.2, 0.25) is 0 Å². The Labute approximate surface area is 55.4 Å². The van der Waals surface area contributed by atoms with Gasteiger partial charge in [-0.3, -0.25) is 0 Å². The summed E-state index contributed by atoms with van der Waals surface area (Å²) in [5, 5.41) is 4.32. The molecular weight excluding hydrogens is 122 g/mol. The molecule has 8 heavy (non-hydrogen) atoms. The maximum absolute atomic E-state index is 5.59. The van der Waals surface area contributed by atoms with E-state index in [1.807, 2.05) is 0 Å². The van der Waals surface area contributed by atoms with Crippen LogP contribution in [-0.2, 0) is 0 Å². The standard InChI is InChI=1S/C6H11ClN/c7-5-6-3-1-2-4-8-6/h6H,1-5H2. The number of piperidine rings is 1. The Morgan fingerprint density at radius 1 is 1.50 bits per heavy atom. The lowest BCUT2D eigenvalue weighted by Crippen LogP contribution is -2.28. The molecule has 1 nitrogen and oxygen atoms in total. The molecule has 0 amide bonds. The molecule has 0 aromatic carbocycles. The van der Waals surface area contributed by atoms with E-state index in [9.17, 15) is 0 Å². The molecule has 1 fully saturated rings. The van der Waals surface area contributed by atoms with Gasteiger partial charge in [0.1, 0.15) is 0 Å². The zero-order chi connectivity index (χ0) is 5.82. The molecule has 1 radical (unpaired) electrons. The first-order chi connectivity index (χ1) is 3.93. The highest BCUT2D eigenvalue weighted by atomic mass is 35.5. The first-order valence-electron chi connectivity index (χ1n) is 3.16. The van der Waals surface area contributed by atoms with Gasteiger partial charge in [0, 0.05) is 18.5 Å². The quantitative estimate of drug-likeness (QED) is 0.479. The Balaban J connectivity index is 2.13. The Bertz CT molecular complexity index is 59.5. The summed E-state index contributed by atoms with van der Waals surface area (Å²) in [6.45, 7) is 1.04. The van der Waals surface area contributed by atoms with Crippen molar-refractivity contribution in [3.63, 3.8) is 0 Å². The Morgan fingerprint density at radius 3 is 2.75 bits per heavy atom. The monoisotopic (exact) mass is 132 g/mol. The van der Waals surface area contributed by atoms with Crippen molar-refractivity contribution in [1.82, 2.24) is 5.32 Å². The normalized spacial score (nSPS) is 30.4. The van der Waals surface area contributed by atoms with Gasteiger partial charge in [-0.1, -0.05) is 6.42 Å². The van der Waals surface area contributed by atoms with Crippen LogP contribution < -0.4 is 5.32 Å². The van der Waals surface area contributed by atoms with Crippen molar-refractivity contribution in [2.45, 2.75) is 25.3 Å². The van der Waals surface area contributed by atoms with E-state index in [-0.39, 0.29) is 0 Å². The Morgan fingerprint density at radius 2 is 2.38 bits per heavy atom. The molecule has 0 N–H and O–H groups in total. The van der Waals surface area contributed by atoms with Crippen molar-refractivity contribution in [3.8, 4) is 0 Å². The van der Waals surface area contributed by atoms with Gasteiger partial charge in [0.15, 0.2) is 0 Å². The van der Waals surface area contributed by atoms with Crippen molar-refractivity contribution >= 4 is 11.6 Å². The number of rotatable bonds is 1. The van der Waals surface area contributed by atoms with Crippen molar-refractivity contribution in [2.75, 3.05) is 12.4 Å². The van der Waals surface area contributed by atoms with E-state index in [2.05, 4.69) is 5.32 Å². The molecule has 1 unspecified atom stereocenters. The molecule has 47 valence electrons. The molecule has 1 saturated heterocycles. The maximum atomic E-state index is 5.59. The highest BCUT2D eigenvalue weighted by molar-refractivity contribution is 6.18. The maximum Gasteiger partial charge on any atom is 0.0393 e. The van der Waals surface area contributed by atoms with Gasteiger partial charge >= 0.3 is 0 Å². The molecule has 0 aromatic rings. The summed E-state index contributed by atoms with van der Waals surface area (Å²) in [7, 11) is 0. The molecule has 0 bridgehead atoms. The molecule has 0 aromatic heterocycles. The average molecular weight is 133 g/mol. The lowest BCUT2D eigenvalue weighted by Gasteiger charge is -2.18. The topological polar surface area (TPSA) is 14.1 Å². The van der Waals surface area contributed by atoms with Gasteiger partial charge < -0.3 is 0 Å². The summed E-state index contributed by atoms with van der Waals surface area (Å²) in [5.74, 6) is 0.722. The van der Waals surface area contributed by atoms with Crippen molar-refractivity contribution in [2.24, 2.45) is 0 Å². The molecule has 0 spiro atoms. The van der Waals surface area contributed by atoms with Crippen molar-refractivity contribution in [1.29, 1.82) is 0 Å². The van der Waals surface area contributed by atoms with E-state index in [0.717, 1.165) is 12.4 Å². The highest BCUT2D eigenvalue weighted by Crippen LogP contribution is 2.08. The lowest BCUT2D eigenvalue weighted by molar-refractivity contribution is 0.419. The average Bonchev–Trinajstić information content (AvgIpc) is 1.90. The van der Waals surface area contributed by atoms with Crippen LogP contribution in [-0.4, -0.2) is 18.5 Å². The molecule has 1 rings (SSSR count). The highest BCUT2D eigenvalue weighted by Gasteiger charge is 2.10. The van der Waals surface area contributed by atoms with Crippen LogP contribution in [0.3, 0.4) is 0 Å². The number of hydrogen-bond acceptors (Lipinski definition) is 0. The Hall–Kier alpha value is 0.250. The number of nitrogens with zero attached hydrogens (tertiary/aromatic N) is 1. The van der Waals surface area contributed by atoms with Crippen LogP contribution >= 0.6 is 11.6 Å². The van der Waals surface area contributed by atoms with Crippen molar-refractivity contribution < 1.29 is 0 Å². The number of alkyl halides is 1. The van der Waals surface area contributed by atoms with Gasteiger partial charge in [0.05, 0.1) is 0 Å². The predicted molar refractivity (Wildman–Crippen MR) is 35.4 cm³/mol. The van der Waals surface area contributed by atoms with E-state index in [0.29, 0.717) is 6.04 Å². The fourth-order valence-corrected chi connectivity index (χ4v) is 1.23. The SMILES string of the molecule is ClCC1CCCC[N]1. The van der Waals surface area contributed by atoms with Gasteiger partial charge in [-0.15, -0.1) is 11.6 Å². The lowest BCUT2D eigenvalue weighted by atomic mass is 10.1. The van der Waals surface area contributed by atoms with Crippen molar-refractivity contribution in [3.05, 3.63) is 0 Å². The van der Waals surface area contributed by atoms with E-state index in [1.165, 1.54) is 19.3 Å². The molecule has 1 heterocycles. The summed E-state index contributed by atoms with van der Waals surface area (Å²) < 4.78 is 0. The molecule has 2 heteroatoms. The fourth-order valence-electron chi connectivity index (χ4n) is 0.983. The third-order valence-corrected chi connectivity index (χ3v) is 1.87. The predicted octanol–water partition coefficient (Wildman–Crippen LogP) is 1.38. The van der Waals surface area contributed by atoms with E-state index in [4.69, 9.17) is 11.6 Å². The van der Waals surface area contributed by atoms with Crippen LogP contribution in [0.2, 0.25) is 0 Å². The minimum Gasteiger partial charge on any atom is -0.237 e. The first-order valence-corrected chi connectivity index (χ1v) is 3.69. The van der Waals surface area contributed by atoms with E-state index < -0.39 is 0 Å². The second-order valence-electron chi connectivity index (χ2n) is 2.21. The van der Waals surface area contributed by atoms with Gasteiger partial charge in [-0.25, -0.2) is 5.32 Å². The minimum atomic E-state index is 0.477. The molecule has 1 atom stereocenters. The molecule has 1 aliphatic rings. The molecule has 1 aliphatic heterocycles. The second kappa shape index (κ2) is 3.31. The van der Waals surface area contributed by atoms with Gasteiger partial charge in [-0.05, 0) is 12.8 Å². The van der Waals surface area contributed by atoms with Crippen LogP contribution in [0.5, 0.6) is 0 Å².